The van der Waals surface area contributed by atoms with E-state index in [4.69, 9.17) is 0 Å². The summed E-state index contributed by atoms with van der Waals surface area (Å²) in [4.78, 5) is 27.1. The van der Waals surface area contributed by atoms with Crippen LogP contribution in [0.4, 0.5) is 0 Å². The van der Waals surface area contributed by atoms with Crippen LogP contribution in [0, 0.1) is 6.92 Å². The molecule has 4 aromatic heterocycles. The maximum Gasteiger partial charge on any atom is 0.264 e. The number of carbonyl (C=O) groups is 1. The topological polar surface area (TPSA) is 69.5 Å². The maximum absolute atomic E-state index is 13.6. The lowest BCUT2D eigenvalue weighted by Gasteiger charge is -2.28. The first-order chi connectivity index (χ1) is 16.5. The maximum atomic E-state index is 13.6. The van der Waals surface area contributed by atoms with Crippen molar-refractivity contribution in [2.24, 2.45) is 0 Å². The standard InChI is InChI=1S/C26H32N6OS/c1-16(2)22-23(18-11-17(3)25-27-15-28-32(25)13-18)29-20-12-21(34-24(20)22)26(33)31-10-6-7-19(31)14-30-8-4-5-9-30/h11-13,15-16,19,29H,4-10,14H2,1-3H3/t19-/m0/s1. The predicted octanol–water partition coefficient (Wildman–Crippen LogP) is 5.07. The van der Waals surface area contributed by atoms with Gasteiger partial charge in [-0.15, -0.1) is 11.3 Å². The van der Waals surface area contributed by atoms with Gasteiger partial charge in [-0.25, -0.2) is 9.50 Å². The molecule has 178 valence electrons. The summed E-state index contributed by atoms with van der Waals surface area (Å²) in [7, 11) is 0. The summed E-state index contributed by atoms with van der Waals surface area (Å²) in [5, 5.41) is 4.35. The molecule has 0 aliphatic carbocycles. The molecule has 0 radical (unpaired) electrons. The predicted molar refractivity (Wildman–Crippen MR) is 137 cm³/mol. The number of aryl methyl sites for hydroxylation is 1. The third kappa shape index (κ3) is 3.64. The van der Waals surface area contributed by atoms with Crippen molar-refractivity contribution < 1.29 is 4.79 Å². The number of H-pyrrole nitrogens is 1. The minimum absolute atomic E-state index is 0.201. The van der Waals surface area contributed by atoms with Crippen LogP contribution < -0.4 is 0 Å². The number of amides is 1. The summed E-state index contributed by atoms with van der Waals surface area (Å²) in [6.07, 6.45) is 8.45. The molecule has 0 aromatic carbocycles. The molecule has 0 unspecified atom stereocenters. The van der Waals surface area contributed by atoms with Gasteiger partial charge < -0.3 is 14.8 Å². The number of aromatic nitrogens is 4. The van der Waals surface area contributed by atoms with Crippen molar-refractivity contribution in [1.82, 2.24) is 29.4 Å². The first-order valence-corrected chi connectivity index (χ1v) is 13.3. The number of nitrogens with one attached hydrogen (secondary N) is 1. The molecule has 0 bridgehead atoms. The van der Waals surface area contributed by atoms with E-state index in [-0.39, 0.29) is 5.91 Å². The second kappa shape index (κ2) is 8.50. The lowest BCUT2D eigenvalue weighted by molar-refractivity contribution is 0.0713. The molecule has 1 N–H and O–H groups in total. The van der Waals surface area contributed by atoms with Gasteiger partial charge in [0, 0.05) is 30.9 Å². The minimum Gasteiger partial charge on any atom is -0.354 e. The molecule has 2 aliphatic rings. The first-order valence-electron chi connectivity index (χ1n) is 12.5. The number of fused-ring (bicyclic) bond motifs is 2. The Kier molecular flexibility index (Phi) is 5.45. The number of hydrogen-bond acceptors (Lipinski definition) is 5. The Morgan fingerprint density at radius 1 is 1.21 bits per heavy atom. The van der Waals surface area contributed by atoms with E-state index >= 15 is 0 Å². The molecule has 6 rings (SSSR count). The molecule has 1 amide bonds. The van der Waals surface area contributed by atoms with Crippen LogP contribution in [-0.2, 0) is 0 Å². The second-order valence-corrected chi connectivity index (χ2v) is 11.2. The third-order valence-corrected chi connectivity index (χ3v) is 8.60. The third-order valence-electron chi connectivity index (χ3n) is 7.45. The normalized spacial score (nSPS) is 19.4. The van der Waals surface area contributed by atoms with Gasteiger partial charge in [0.05, 0.1) is 20.8 Å². The van der Waals surface area contributed by atoms with Crippen LogP contribution in [0.1, 0.15) is 66.2 Å². The molecule has 4 aromatic rings. The average molecular weight is 477 g/mol. The van der Waals surface area contributed by atoms with Crippen molar-refractivity contribution in [1.29, 1.82) is 0 Å². The zero-order valence-electron chi connectivity index (χ0n) is 20.2. The Labute approximate surface area is 203 Å². The van der Waals surface area contributed by atoms with Gasteiger partial charge in [-0.2, -0.15) is 5.10 Å². The van der Waals surface area contributed by atoms with Crippen molar-refractivity contribution >= 4 is 33.1 Å². The monoisotopic (exact) mass is 476 g/mol. The molecule has 7 nitrogen and oxygen atoms in total. The van der Waals surface area contributed by atoms with Gasteiger partial charge in [0.25, 0.3) is 5.91 Å². The van der Waals surface area contributed by atoms with Gasteiger partial charge in [0.15, 0.2) is 5.65 Å². The highest BCUT2D eigenvalue weighted by Crippen LogP contribution is 2.40. The van der Waals surface area contributed by atoms with Crippen LogP contribution in [-0.4, -0.2) is 67.5 Å². The quantitative estimate of drug-likeness (QED) is 0.437. The molecular formula is C26H32N6OS. The fourth-order valence-electron chi connectivity index (χ4n) is 5.81. The Hall–Kier alpha value is -2.71. The smallest absolute Gasteiger partial charge is 0.264 e. The summed E-state index contributed by atoms with van der Waals surface area (Å²) in [5.41, 5.74) is 6.51. The zero-order valence-corrected chi connectivity index (χ0v) is 21.0. The Morgan fingerprint density at radius 3 is 2.82 bits per heavy atom. The highest BCUT2D eigenvalue weighted by atomic mass is 32.1. The molecule has 2 aliphatic heterocycles. The lowest BCUT2D eigenvalue weighted by atomic mass is 9.99. The molecule has 2 saturated heterocycles. The summed E-state index contributed by atoms with van der Waals surface area (Å²) < 4.78 is 3.03. The van der Waals surface area contributed by atoms with E-state index in [2.05, 4.69) is 57.8 Å². The molecule has 34 heavy (non-hydrogen) atoms. The van der Waals surface area contributed by atoms with E-state index in [1.54, 1.807) is 17.7 Å². The Bertz CT molecular complexity index is 1360. The van der Waals surface area contributed by atoms with E-state index in [9.17, 15) is 4.79 Å². The number of likely N-dealkylation sites (tertiary alicyclic amines) is 2. The van der Waals surface area contributed by atoms with Crippen LogP contribution in [0.2, 0.25) is 0 Å². The Balaban J connectivity index is 1.34. The van der Waals surface area contributed by atoms with Gasteiger partial charge in [0.1, 0.15) is 6.33 Å². The summed E-state index contributed by atoms with van der Waals surface area (Å²) in [5.74, 6) is 0.527. The van der Waals surface area contributed by atoms with Crippen LogP contribution in [0.3, 0.4) is 0 Å². The number of rotatable bonds is 5. The molecule has 8 heteroatoms. The summed E-state index contributed by atoms with van der Waals surface area (Å²) in [6.45, 7) is 10.8. The van der Waals surface area contributed by atoms with Crippen molar-refractivity contribution in [2.75, 3.05) is 26.2 Å². The first kappa shape index (κ1) is 21.8. The van der Waals surface area contributed by atoms with Crippen molar-refractivity contribution in [3.05, 3.63) is 40.7 Å². The van der Waals surface area contributed by atoms with Crippen molar-refractivity contribution in [2.45, 2.75) is 58.4 Å². The molecule has 6 heterocycles. The van der Waals surface area contributed by atoms with Gasteiger partial charge in [-0.05, 0) is 74.9 Å². The number of aromatic amines is 1. The van der Waals surface area contributed by atoms with Gasteiger partial charge >= 0.3 is 0 Å². The highest BCUT2D eigenvalue weighted by molar-refractivity contribution is 7.21. The van der Waals surface area contributed by atoms with Gasteiger partial charge in [-0.1, -0.05) is 13.8 Å². The lowest BCUT2D eigenvalue weighted by Crippen LogP contribution is -2.42. The summed E-state index contributed by atoms with van der Waals surface area (Å²) >= 11 is 1.65. The van der Waals surface area contributed by atoms with Crippen LogP contribution in [0.15, 0.2) is 24.7 Å². The highest BCUT2D eigenvalue weighted by Gasteiger charge is 2.33. The van der Waals surface area contributed by atoms with Crippen LogP contribution in [0.5, 0.6) is 0 Å². The number of pyridine rings is 1. The van der Waals surface area contributed by atoms with Crippen molar-refractivity contribution in [3.8, 4) is 11.3 Å². The Morgan fingerprint density at radius 2 is 2.03 bits per heavy atom. The van der Waals surface area contributed by atoms with Gasteiger partial charge in [-0.3, -0.25) is 4.79 Å². The molecular weight excluding hydrogens is 444 g/mol. The van der Waals surface area contributed by atoms with Crippen LogP contribution >= 0.6 is 11.3 Å². The number of thiophene rings is 1. The number of hydrogen-bond donors (Lipinski definition) is 1. The SMILES string of the molecule is Cc1cc(-c2[nH]c3cc(C(=O)N4CCC[C@H]4CN4CCCC4)sc3c2C(C)C)cn2ncnc12. The number of nitrogens with zero attached hydrogens (tertiary/aromatic N) is 5. The minimum atomic E-state index is 0.201. The van der Waals surface area contributed by atoms with Crippen molar-refractivity contribution in [3.63, 3.8) is 0 Å². The molecule has 0 spiro atoms. The van der Waals surface area contributed by atoms with Crippen LogP contribution in [0.25, 0.3) is 27.1 Å². The number of carbonyl (C=O) groups excluding carboxylic acids is 1. The molecule has 2 fully saturated rings. The van der Waals surface area contributed by atoms with E-state index in [0.29, 0.717) is 12.0 Å². The van der Waals surface area contributed by atoms with E-state index < -0.39 is 0 Å². The molecule has 0 saturated carbocycles. The van der Waals surface area contributed by atoms with E-state index in [1.807, 2.05) is 10.7 Å². The molecule has 1 atom stereocenters. The zero-order chi connectivity index (χ0) is 23.4. The fourth-order valence-corrected chi connectivity index (χ4v) is 7.08. The summed E-state index contributed by atoms with van der Waals surface area (Å²) in [6, 6.07) is 4.59. The second-order valence-electron chi connectivity index (χ2n) is 10.2. The fraction of sp³-hybridized carbons (Fsp3) is 0.500. The average Bonchev–Trinajstić information content (AvgIpc) is 3.61. The largest absolute Gasteiger partial charge is 0.354 e. The van der Waals surface area contributed by atoms with E-state index in [1.165, 1.54) is 36.2 Å². The van der Waals surface area contributed by atoms with E-state index in [0.717, 1.165) is 58.8 Å². The van der Waals surface area contributed by atoms with Gasteiger partial charge in [0.2, 0.25) is 0 Å².